The molecule has 2 aromatic rings. The molecule has 2 heterocycles. The molecular weight excluding hydrogens is 262 g/mol. The van der Waals surface area contributed by atoms with E-state index >= 15 is 0 Å². The van der Waals surface area contributed by atoms with Gasteiger partial charge in [-0.05, 0) is 12.1 Å². The lowest BCUT2D eigenvalue weighted by molar-refractivity contribution is 0.122. The van der Waals surface area contributed by atoms with Crippen LogP contribution in [0, 0.1) is 0 Å². The summed E-state index contributed by atoms with van der Waals surface area (Å²) in [4.78, 5) is 2.21. The molecule has 1 saturated heterocycles. The highest BCUT2D eigenvalue weighted by Crippen LogP contribution is 2.30. The van der Waals surface area contributed by atoms with Crippen LogP contribution in [0.15, 0.2) is 24.3 Å². The van der Waals surface area contributed by atoms with Crippen LogP contribution in [0.2, 0.25) is 0 Å². The number of morpholine rings is 1. The fraction of sp³-hybridized carbons (Fsp3) is 0.385. The molecule has 19 heavy (non-hydrogen) atoms. The average molecular weight is 277 g/mol. The summed E-state index contributed by atoms with van der Waals surface area (Å²) < 4.78 is 10.6. The first kappa shape index (κ1) is 12.4. The molecule has 0 spiro atoms. The second kappa shape index (κ2) is 5.54. The predicted molar refractivity (Wildman–Crippen MR) is 74.9 cm³/mol. The van der Waals surface area contributed by atoms with Crippen molar-refractivity contribution in [2.24, 2.45) is 0 Å². The number of methoxy groups -OCH3 is 1. The van der Waals surface area contributed by atoms with Crippen LogP contribution in [-0.4, -0.2) is 43.6 Å². The minimum absolute atomic E-state index is 0.758. The van der Waals surface area contributed by atoms with Gasteiger partial charge in [0.1, 0.15) is 10.8 Å². The minimum atomic E-state index is 0.758. The zero-order valence-electron chi connectivity index (χ0n) is 10.7. The van der Waals surface area contributed by atoms with Crippen molar-refractivity contribution < 1.29 is 9.47 Å². The molecule has 1 aliphatic heterocycles. The molecule has 0 amide bonds. The first-order valence-electron chi connectivity index (χ1n) is 6.17. The predicted octanol–water partition coefficient (Wildman–Crippen LogP) is 2.05. The number of hydrogen-bond donors (Lipinski definition) is 0. The summed E-state index contributed by atoms with van der Waals surface area (Å²) in [5, 5.41) is 10.4. The number of aromatic nitrogens is 2. The van der Waals surface area contributed by atoms with Crippen LogP contribution >= 0.6 is 11.3 Å². The van der Waals surface area contributed by atoms with E-state index in [-0.39, 0.29) is 0 Å². The fourth-order valence-corrected chi connectivity index (χ4v) is 2.86. The van der Waals surface area contributed by atoms with Gasteiger partial charge in [-0.2, -0.15) is 0 Å². The van der Waals surface area contributed by atoms with Crippen LogP contribution in [0.3, 0.4) is 0 Å². The minimum Gasteiger partial charge on any atom is -0.497 e. The maximum Gasteiger partial charge on any atom is 0.208 e. The van der Waals surface area contributed by atoms with Crippen molar-refractivity contribution in [2.75, 3.05) is 38.3 Å². The highest BCUT2D eigenvalue weighted by atomic mass is 32.1. The summed E-state index contributed by atoms with van der Waals surface area (Å²) in [5.74, 6) is 0.834. The highest BCUT2D eigenvalue weighted by molar-refractivity contribution is 7.18. The molecule has 0 bridgehead atoms. The van der Waals surface area contributed by atoms with Gasteiger partial charge in [-0.3, -0.25) is 0 Å². The van der Waals surface area contributed by atoms with Crippen molar-refractivity contribution in [3.8, 4) is 16.3 Å². The summed E-state index contributed by atoms with van der Waals surface area (Å²) in [6.07, 6.45) is 0. The van der Waals surface area contributed by atoms with Crippen LogP contribution in [0.1, 0.15) is 0 Å². The van der Waals surface area contributed by atoms with Gasteiger partial charge >= 0.3 is 0 Å². The van der Waals surface area contributed by atoms with Crippen molar-refractivity contribution >= 4 is 16.5 Å². The quantitative estimate of drug-likeness (QED) is 0.859. The molecule has 0 aliphatic carbocycles. The highest BCUT2D eigenvalue weighted by Gasteiger charge is 2.16. The molecule has 5 nitrogen and oxygen atoms in total. The zero-order valence-corrected chi connectivity index (χ0v) is 11.5. The molecule has 100 valence electrons. The molecule has 1 aliphatic rings. The Bertz CT molecular complexity index is 552. The molecule has 1 aromatic carbocycles. The lowest BCUT2D eigenvalue weighted by atomic mass is 10.2. The van der Waals surface area contributed by atoms with E-state index in [0.717, 1.165) is 47.8 Å². The van der Waals surface area contributed by atoms with E-state index in [2.05, 4.69) is 15.1 Å². The third-order valence-electron chi connectivity index (χ3n) is 3.01. The number of ether oxygens (including phenoxy) is 2. The molecule has 3 rings (SSSR count). The number of rotatable bonds is 3. The molecule has 0 saturated carbocycles. The Kier molecular flexibility index (Phi) is 3.61. The van der Waals surface area contributed by atoms with Crippen LogP contribution in [0.5, 0.6) is 5.75 Å². The maximum atomic E-state index is 5.34. The Balaban J connectivity index is 1.83. The van der Waals surface area contributed by atoms with Crippen molar-refractivity contribution in [1.29, 1.82) is 0 Å². The second-order valence-corrected chi connectivity index (χ2v) is 5.18. The van der Waals surface area contributed by atoms with Gasteiger partial charge in [-0.1, -0.05) is 23.5 Å². The lowest BCUT2D eigenvalue weighted by Gasteiger charge is -2.25. The number of hydrogen-bond acceptors (Lipinski definition) is 6. The number of anilines is 1. The number of nitrogens with zero attached hydrogens (tertiary/aromatic N) is 3. The summed E-state index contributed by atoms with van der Waals surface area (Å²) >= 11 is 1.60. The van der Waals surface area contributed by atoms with Gasteiger partial charge < -0.3 is 14.4 Å². The Labute approximate surface area is 115 Å². The van der Waals surface area contributed by atoms with Gasteiger partial charge in [0.05, 0.1) is 20.3 Å². The van der Waals surface area contributed by atoms with Gasteiger partial charge in [0.25, 0.3) is 0 Å². The first-order chi connectivity index (χ1) is 9.36. The third-order valence-corrected chi connectivity index (χ3v) is 4.05. The van der Waals surface area contributed by atoms with Crippen LogP contribution < -0.4 is 9.64 Å². The number of benzene rings is 1. The van der Waals surface area contributed by atoms with Crippen molar-refractivity contribution in [3.63, 3.8) is 0 Å². The monoisotopic (exact) mass is 277 g/mol. The first-order valence-corrected chi connectivity index (χ1v) is 6.99. The molecule has 0 atom stereocenters. The van der Waals surface area contributed by atoms with E-state index in [1.54, 1.807) is 18.4 Å². The average Bonchev–Trinajstić information content (AvgIpc) is 2.98. The molecule has 1 fully saturated rings. The van der Waals surface area contributed by atoms with Crippen LogP contribution in [0.4, 0.5) is 5.13 Å². The van der Waals surface area contributed by atoms with E-state index in [4.69, 9.17) is 9.47 Å². The van der Waals surface area contributed by atoms with E-state index in [1.807, 2.05) is 24.3 Å². The Morgan fingerprint density at radius 3 is 2.89 bits per heavy atom. The SMILES string of the molecule is COc1cccc(-c2nnc(N3CCOCC3)s2)c1. The Hall–Kier alpha value is -1.66. The molecule has 0 radical (unpaired) electrons. The van der Waals surface area contributed by atoms with Crippen LogP contribution in [-0.2, 0) is 4.74 Å². The standard InChI is InChI=1S/C13H15N3O2S/c1-17-11-4-2-3-10(9-11)12-14-15-13(19-12)16-5-7-18-8-6-16/h2-4,9H,5-8H2,1H3. The van der Waals surface area contributed by atoms with E-state index in [1.165, 1.54) is 0 Å². The Morgan fingerprint density at radius 2 is 2.11 bits per heavy atom. The van der Waals surface area contributed by atoms with Crippen molar-refractivity contribution in [1.82, 2.24) is 10.2 Å². The van der Waals surface area contributed by atoms with Gasteiger partial charge in [0.15, 0.2) is 0 Å². The van der Waals surface area contributed by atoms with E-state index in [0.29, 0.717) is 0 Å². The van der Waals surface area contributed by atoms with Gasteiger partial charge in [0, 0.05) is 18.7 Å². The van der Waals surface area contributed by atoms with Gasteiger partial charge in [0.2, 0.25) is 5.13 Å². The zero-order chi connectivity index (χ0) is 13.1. The maximum absolute atomic E-state index is 5.34. The largest absolute Gasteiger partial charge is 0.497 e. The molecule has 6 heteroatoms. The van der Waals surface area contributed by atoms with Gasteiger partial charge in [-0.15, -0.1) is 10.2 Å². The smallest absolute Gasteiger partial charge is 0.208 e. The molecule has 1 aromatic heterocycles. The van der Waals surface area contributed by atoms with Crippen LogP contribution in [0.25, 0.3) is 10.6 Å². The Morgan fingerprint density at radius 1 is 1.26 bits per heavy atom. The lowest BCUT2D eigenvalue weighted by Crippen LogP contribution is -2.36. The topological polar surface area (TPSA) is 47.5 Å². The second-order valence-electron chi connectivity index (χ2n) is 4.22. The van der Waals surface area contributed by atoms with Crippen molar-refractivity contribution in [2.45, 2.75) is 0 Å². The van der Waals surface area contributed by atoms with E-state index < -0.39 is 0 Å². The van der Waals surface area contributed by atoms with Crippen molar-refractivity contribution in [3.05, 3.63) is 24.3 Å². The fourth-order valence-electron chi connectivity index (χ4n) is 1.97. The summed E-state index contributed by atoms with van der Waals surface area (Å²) in [6.45, 7) is 3.28. The van der Waals surface area contributed by atoms with E-state index in [9.17, 15) is 0 Å². The summed E-state index contributed by atoms with van der Waals surface area (Å²) in [5.41, 5.74) is 1.04. The normalized spacial score (nSPS) is 15.5. The third kappa shape index (κ3) is 2.69. The summed E-state index contributed by atoms with van der Waals surface area (Å²) in [6, 6.07) is 7.88. The molecular formula is C13H15N3O2S. The summed E-state index contributed by atoms with van der Waals surface area (Å²) in [7, 11) is 1.67. The molecule has 0 N–H and O–H groups in total. The van der Waals surface area contributed by atoms with Gasteiger partial charge in [-0.25, -0.2) is 0 Å². The molecule has 0 unspecified atom stereocenters.